The van der Waals surface area contributed by atoms with E-state index in [-0.39, 0.29) is 0 Å². The van der Waals surface area contributed by atoms with Crippen molar-refractivity contribution in [2.45, 2.75) is 19.5 Å². The smallest absolute Gasteiger partial charge is 0.127 e. The highest BCUT2D eigenvalue weighted by atomic mass is 79.9. The minimum absolute atomic E-state index is 0.734. The lowest BCUT2D eigenvalue weighted by Gasteiger charge is -2.09. The number of ether oxygens (including phenoxy) is 1. The van der Waals surface area contributed by atoms with Gasteiger partial charge in [-0.2, -0.15) is 0 Å². The summed E-state index contributed by atoms with van der Waals surface area (Å²) in [5, 5.41) is 9.32. The van der Waals surface area contributed by atoms with E-state index in [0.29, 0.717) is 0 Å². The van der Waals surface area contributed by atoms with E-state index < -0.39 is 0 Å². The summed E-state index contributed by atoms with van der Waals surface area (Å²) in [5.41, 5.74) is 3.46. The van der Waals surface area contributed by atoms with Crippen molar-refractivity contribution in [2.24, 2.45) is 0 Å². The van der Waals surface area contributed by atoms with E-state index in [1.165, 1.54) is 22.7 Å². The van der Waals surface area contributed by atoms with Crippen molar-refractivity contribution in [3.05, 3.63) is 38.8 Å². The van der Waals surface area contributed by atoms with Crippen LogP contribution in [0.5, 0.6) is 5.75 Å². The van der Waals surface area contributed by atoms with E-state index >= 15 is 0 Å². The van der Waals surface area contributed by atoms with Crippen molar-refractivity contribution in [3.63, 3.8) is 0 Å². The van der Waals surface area contributed by atoms with Crippen LogP contribution in [0.3, 0.4) is 0 Å². The third-order valence-corrected chi connectivity index (χ3v) is 3.86. The average Bonchev–Trinajstić information content (AvgIpc) is 2.98. The van der Waals surface area contributed by atoms with E-state index in [2.05, 4.69) is 43.0 Å². The standard InChI is InChI=1S/C12H12BrN3OS/c13-10-3-8-1-2-17-12(8)9(4-10)5-14-6-11-7-18-16-15-11/h3-4,7,14H,1-2,5-6H2. The number of nitrogens with zero attached hydrogens (tertiary/aromatic N) is 2. The lowest BCUT2D eigenvalue weighted by atomic mass is 10.1. The Morgan fingerprint density at radius 2 is 2.33 bits per heavy atom. The Morgan fingerprint density at radius 1 is 1.39 bits per heavy atom. The van der Waals surface area contributed by atoms with E-state index in [1.54, 1.807) is 0 Å². The molecule has 1 aliphatic heterocycles. The van der Waals surface area contributed by atoms with E-state index in [9.17, 15) is 0 Å². The highest BCUT2D eigenvalue weighted by molar-refractivity contribution is 9.10. The Balaban J connectivity index is 1.69. The predicted octanol–water partition coefficient (Wildman–Crippen LogP) is 2.53. The molecular weight excluding hydrogens is 314 g/mol. The number of benzene rings is 1. The van der Waals surface area contributed by atoms with Crippen LogP contribution in [0.15, 0.2) is 22.0 Å². The van der Waals surface area contributed by atoms with E-state index in [0.717, 1.165) is 42.0 Å². The second kappa shape index (κ2) is 5.34. The van der Waals surface area contributed by atoms with Crippen molar-refractivity contribution in [3.8, 4) is 5.75 Å². The maximum Gasteiger partial charge on any atom is 0.127 e. The van der Waals surface area contributed by atoms with Gasteiger partial charge in [0.15, 0.2) is 0 Å². The Labute approximate surface area is 118 Å². The van der Waals surface area contributed by atoms with Gasteiger partial charge in [0, 0.05) is 34.9 Å². The van der Waals surface area contributed by atoms with Gasteiger partial charge in [-0.1, -0.05) is 20.4 Å². The molecule has 0 unspecified atom stereocenters. The van der Waals surface area contributed by atoms with Gasteiger partial charge in [-0.3, -0.25) is 0 Å². The van der Waals surface area contributed by atoms with Gasteiger partial charge in [-0.15, -0.1) is 5.10 Å². The molecule has 6 heteroatoms. The summed E-state index contributed by atoms with van der Waals surface area (Å²) < 4.78 is 10.6. The Hall–Kier alpha value is -0.980. The maximum atomic E-state index is 5.69. The first kappa shape index (κ1) is 12.1. The molecule has 2 heterocycles. The second-order valence-electron chi connectivity index (χ2n) is 4.15. The Morgan fingerprint density at radius 3 is 3.17 bits per heavy atom. The largest absolute Gasteiger partial charge is 0.493 e. The fourth-order valence-corrected chi connectivity index (χ4v) is 3.07. The van der Waals surface area contributed by atoms with Gasteiger partial charge in [0.25, 0.3) is 0 Å². The quantitative estimate of drug-likeness (QED) is 0.938. The van der Waals surface area contributed by atoms with Gasteiger partial charge in [0.05, 0.1) is 12.3 Å². The van der Waals surface area contributed by atoms with Gasteiger partial charge in [0.2, 0.25) is 0 Å². The van der Waals surface area contributed by atoms with Gasteiger partial charge < -0.3 is 10.1 Å². The molecule has 1 aliphatic rings. The minimum Gasteiger partial charge on any atom is -0.493 e. The number of hydrogen-bond donors (Lipinski definition) is 1. The summed E-state index contributed by atoms with van der Waals surface area (Å²) in [6.45, 7) is 2.30. The van der Waals surface area contributed by atoms with Crippen molar-refractivity contribution in [1.82, 2.24) is 14.9 Å². The number of nitrogens with one attached hydrogen (secondary N) is 1. The normalized spacial score (nSPS) is 13.4. The van der Waals surface area contributed by atoms with Crippen LogP contribution in [-0.2, 0) is 19.5 Å². The number of halogens is 1. The lowest BCUT2D eigenvalue weighted by Crippen LogP contribution is -2.13. The van der Waals surface area contributed by atoms with E-state index in [4.69, 9.17) is 4.74 Å². The summed E-state index contributed by atoms with van der Waals surface area (Å²) in [4.78, 5) is 0. The zero-order valence-corrected chi connectivity index (χ0v) is 12.1. The van der Waals surface area contributed by atoms with Gasteiger partial charge in [-0.05, 0) is 29.2 Å². The van der Waals surface area contributed by atoms with Crippen LogP contribution < -0.4 is 10.1 Å². The zero-order chi connectivity index (χ0) is 12.4. The highest BCUT2D eigenvalue weighted by Gasteiger charge is 2.17. The molecule has 2 aromatic rings. The molecule has 0 saturated heterocycles. The molecule has 0 spiro atoms. The van der Waals surface area contributed by atoms with Crippen LogP contribution in [-0.4, -0.2) is 16.2 Å². The van der Waals surface area contributed by atoms with Crippen molar-refractivity contribution in [2.75, 3.05) is 6.61 Å². The summed E-state index contributed by atoms with van der Waals surface area (Å²) >= 11 is 4.92. The summed E-state index contributed by atoms with van der Waals surface area (Å²) in [5.74, 6) is 1.04. The van der Waals surface area contributed by atoms with Crippen molar-refractivity contribution < 1.29 is 4.74 Å². The van der Waals surface area contributed by atoms with Gasteiger partial charge >= 0.3 is 0 Å². The molecule has 0 atom stereocenters. The SMILES string of the molecule is Brc1cc2c(c(CNCc3csnn3)c1)OCC2. The summed E-state index contributed by atoms with van der Waals surface area (Å²) in [6.07, 6.45) is 0.998. The number of aromatic nitrogens is 2. The highest BCUT2D eigenvalue weighted by Crippen LogP contribution is 2.32. The van der Waals surface area contributed by atoms with Crippen LogP contribution in [0.2, 0.25) is 0 Å². The van der Waals surface area contributed by atoms with Crippen LogP contribution >= 0.6 is 27.5 Å². The van der Waals surface area contributed by atoms with Crippen LogP contribution in [0.25, 0.3) is 0 Å². The predicted molar refractivity (Wildman–Crippen MR) is 73.8 cm³/mol. The number of rotatable bonds is 4. The topological polar surface area (TPSA) is 47.0 Å². The maximum absolute atomic E-state index is 5.69. The molecule has 0 radical (unpaired) electrons. The van der Waals surface area contributed by atoms with Gasteiger partial charge in [-0.25, -0.2) is 0 Å². The monoisotopic (exact) mass is 325 g/mol. The molecule has 1 aromatic heterocycles. The van der Waals surface area contributed by atoms with Crippen LogP contribution in [0.4, 0.5) is 0 Å². The summed E-state index contributed by atoms with van der Waals surface area (Å²) in [7, 11) is 0. The first-order valence-corrected chi connectivity index (χ1v) is 7.36. The van der Waals surface area contributed by atoms with Crippen LogP contribution in [0.1, 0.15) is 16.8 Å². The molecule has 1 N–H and O–H groups in total. The molecular formula is C12H12BrN3OS. The summed E-state index contributed by atoms with van der Waals surface area (Å²) in [6, 6.07) is 4.24. The van der Waals surface area contributed by atoms with Crippen molar-refractivity contribution >= 4 is 27.5 Å². The fourth-order valence-electron chi connectivity index (χ4n) is 2.06. The molecule has 94 valence electrons. The second-order valence-corrected chi connectivity index (χ2v) is 5.68. The first-order valence-electron chi connectivity index (χ1n) is 5.73. The Kier molecular flexibility index (Phi) is 3.58. The van der Waals surface area contributed by atoms with Crippen LogP contribution in [0, 0.1) is 0 Å². The van der Waals surface area contributed by atoms with Crippen molar-refractivity contribution in [1.29, 1.82) is 0 Å². The Bertz CT molecular complexity index is 545. The average molecular weight is 326 g/mol. The third kappa shape index (κ3) is 2.55. The zero-order valence-electron chi connectivity index (χ0n) is 9.65. The first-order chi connectivity index (χ1) is 8.83. The molecule has 3 rings (SSSR count). The molecule has 18 heavy (non-hydrogen) atoms. The number of fused-ring (bicyclic) bond motifs is 1. The molecule has 0 aliphatic carbocycles. The number of hydrogen-bond acceptors (Lipinski definition) is 5. The molecule has 1 aromatic carbocycles. The minimum atomic E-state index is 0.734. The third-order valence-electron chi connectivity index (χ3n) is 2.85. The molecule has 0 saturated carbocycles. The lowest BCUT2D eigenvalue weighted by molar-refractivity contribution is 0.352. The molecule has 0 fully saturated rings. The molecule has 4 nitrogen and oxygen atoms in total. The van der Waals surface area contributed by atoms with E-state index in [1.807, 2.05) is 5.38 Å². The fraction of sp³-hybridized carbons (Fsp3) is 0.333. The molecule has 0 amide bonds. The van der Waals surface area contributed by atoms with Gasteiger partial charge in [0.1, 0.15) is 5.75 Å². The molecule has 0 bridgehead atoms.